The minimum absolute atomic E-state index is 0. The van der Waals surface area contributed by atoms with Crippen molar-refractivity contribution in [3.05, 3.63) is 80.5 Å². The van der Waals surface area contributed by atoms with Gasteiger partial charge in [-0.2, -0.15) is 0 Å². The summed E-state index contributed by atoms with van der Waals surface area (Å²) in [5.74, 6) is -1.27. The number of amides is 2. The number of pyridine rings is 1. The second-order valence-corrected chi connectivity index (χ2v) is 14.7. The van der Waals surface area contributed by atoms with Crippen molar-refractivity contribution in [2.45, 2.75) is 52.7 Å². The van der Waals surface area contributed by atoms with Crippen LogP contribution in [-0.4, -0.2) is 85.4 Å². The van der Waals surface area contributed by atoms with E-state index in [0.717, 1.165) is 31.1 Å². The number of nitrogens with one attached hydrogen (secondary N) is 2. The van der Waals surface area contributed by atoms with Crippen LogP contribution < -0.4 is 26.4 Å². The lowest BCUT2D eigenvalue weighted by Gasteiger charge is -2.26. The van der Waals surface area contributed by atoms with Gasteiger partial charge in [0.05, 0.1) is 30.2 Å². The van der Waals surface area contributed by atoms with Crippen LogP contribution in [0.5, 0.6) is 0 Å². The first kappa shape index (κ1) is 36.1. The summed E-state index contributed by atoms with van der Waals surface area (Å²) in [6.45, 7) is 10.1. The monoisotopic (exact) mass is 725 g/mol. The number of morpholine rings is 1. The molecule has 2 saturated heterocycles. The molecule has 2 fully saturated rings. The molecule has 0 bridgehead atoms. The first-order chi connectivity index (χ1) is 25.0. The second-order valence-electron chi connectivity index (χ2n) is 14.7. The molecule has 8 rings (SSSR count). The zero-order valence-corrected chi connectivity index (χ0v) is 29.3. The van der Waals surface area contributed by atoms with Crippen LogP contribution >= 0.6 is 0 Å². The molecule has 1 atom stereocenters. The minimum atomic E-state index is -0.708. The summed E-state index contributed by atoms with van der Waals surface area (Å²) in [6, 6.07) is 11.6. The summed E-state index contributed by atoms with van der Waals surface area (Å²) in [5, 5.41) is 8.22. The maximum atomic E-state index is 16.4. The van der Waals surface area contributed by atoms with Crippen molar-refractivity contribution in [1.29, 1.82) is 0 Å². The van der Waals surface area contributed by atoms with Crippen molar-refractivity contribution in [2.75, 3.05) is 57.4 Å². The molecular weight excluding hydrogens is 681 g/mol. The van der Waals surface area contributed by atoms with Crippen molar-refractivity contribution >= 4 is 66.8 Å². The SMILES string of the molecule is C.CC(C)(C)OC(=O)N[C@H]1CCN(c2c(F)cc3c(=O)c(C(=O)NCCCN4CCOCC4)cn4c5cc6c(cc5oc2c34)c(=O)c2ccccc26)C1. The number of nitrogens with zero attached hydrogens (tertiary/aromatic N) is 3. The van der Waals surface area contributed by atoms with Gasteiger partial charge in [0.2, 0.25) is 5.43 Å². The summed E-state index contributed by atoms with van der Waals surface area (Å²) >= 11 is 0. The lowest BCUT2D eigenvalue weighted by atomic mass is 10.1. The third-order valence-corrected chi connectivity index (χ3v) is 9.96. The Bertz CT molecular complexity index is 2500. The van der Waals surface area contributed by atoms with Crippen molar-refractivity contribution in [2.24, 2.45) is 0 Å². The normalized spacial score (nSPS) is 16.9. The topological polar surface area (TPSA) is 135 Å². The standard InChI is InChI=1S/C39H40FN5O7.CH4/c1-39(2,3)52-38(49)42-22-9-12-44(20-22)33-29(40)17-27-32-36(33)51-31-19-26-25(23-7-4-5-8-24(23)34(26)46)18-30(31)45(32)21-28(35(27)47)37(48)41-10-6-11-43-13-15-50-16-14-43;/h4-5,7-8,17-19,21-22H,6,9-16,20H2,1-3H3,(H,41,48)(H,42,49);1H4/t22-;/m0./s1. The molecule has 2 aliphatic heterocycles. The number of anilines is 1. The number of fused-ring (bicyclic) bond motifs is 5. The summed E-state index contributed by atoms with van der Waals surface area (Å²) in [6.07, 6.45) is 2.13. The van der Waals surface area contributed by atoms with Gasteiger partial charge in [-0.15, -0.1) is 0 Å². The third-order valence-electron chi connectivity index (χ3n) is 9.96. The third kappa shape index (κ3) is 6.63. The highest BCUT2D eigenvalue weighted by molar-refractivity contribution is 6.15. The molecule has 6 aromatic rings. The molecule has 0 saturated carbocycles. The molecule has 2 aromatic heterocycles. The van der Waals surface area contributed by atoms with Gasteiger partial charge in [-0.25, -0.2) is 9.18 Å². The van der Waals surface area contributed by atoms with Crippen LogP contribution in [0.4, 0.5) is 14.9 Å². The van der Waals surface area contributed by atoms with Gasteiger partial charge in [-0.3, -0.25) is 19.3 Å². The highest BCUT2D eigenvalue weighted by Crippen LogP contribution is 2.38. The average Bonchev–Trinajstić information content (AvgIpc) is 3.67. The van der Waals surface area contributed by atoms with E-state index >= 15 is 4.39 Å². The number of aromatic nitrogens is 1. The number of carbonyl (C=O) groups is 2. The van der Waals surface area contributed by atoms with Crippen molar-refractivity contribution in [3.8, 4) is 0 Å². The maximum Gasteiger partial charge on any atom is 0.407 e. The quantitative estimate of drug-likeness (QED) is 0.122. The van der Waals surface area contributed by atoms with Gasteiger partial charge in [-0.05, 0) is 69.1 Å². The number of alkyl carbamates (subject to hydrolysis) is 1. The number of halogens is 1. The van der Waals surface area contributed by atoms with Gasteiger partial charge in [0, 0.05) is 49.7 Å². The average molecular weight is 726 g/mol. The fourth-order valence-corrected chi connectivity index (χ4v) is 7.56. The number of hydrogen-bond acceptors (Lipinski definition) is 9. The zero-order valence-electron chi connectivity index (χ0n) is 29.3. The maximum absolute atomic E-state index is 16.4. The molecule has 2 N–H and O–H groups in total. The van der Waals surface area contributed by atoms with E-state index in [1.807, 2.05) is 24.3 Å². The molecule has 2 amide bonds. The summed E-state index contributed by atoms with van der Waals surface area (Å²) in [5.41, 5.74) is -0.280. The Morgan fingerprint density at radius 2 is 1.72 bits per heavy atom. The largest absolute Gasteiger partial charge is 0.451 e. The fraction of sp³-hybridized carbons (Fsp3) is 0.400. The van der Waals surface area contributed by atoms with E-state index in [-0.39, 0.29) is 53.2 Å². The summed E-state index contributed by atoms with van der Waals surface area (Å²) < 4.78 is 35.5. The van der Waals surface area contributed by atoms with Gasteiger partial charge in [0.15, 0.2) is 22.4 Å². The first-order valence-electron chi connectivity index (χ1n) is 17.7. The zero-order chi connectivity index (χ0) is 36.3. The lowest BCUT2D eigenvalue weighted by Crippen LogP contribution is -2.40. The summed E-state index contributed by atoms with van der Waals surface area (Å²) in [7, 11) is 0. The van der Waals surface area contributed by atoms with Crippen LogP contribution in [0.25, 0.3) is 49.1 Å². The fourth-order valence-electron chi connectivity index (χ4n) is 7.56. The molecule has 0 spiro atoms. The summed E-state index contributed by atoms with van der Waals surface area (Å²) in [4.78, 5) is 57.7. The molecule has 12 nitrogen and oxygen atoms in total. The Morgan fingerprint density at radius 3 is 2.47 bits per heavy atom. The number of ether oxygens (including phenoxy) is 2. The van der Waals surface area contributed by atoms with Gasteiger partial charge < -0.3 is 33.8 Å². The van der Waals surface area contributed by atoms with E-state index in [2.05, 4.69) is 15.5 Å². The number of rotatable bonds is 7. The van der Waals surface area contributed by atoms with E-state index in [0.29, 0.717) is 66.3 Å². The van der Waals surface area contributed by atoms with Crippen molar-refractivity contribution in [1.82, 2.24) is 19.9 Å². The van der Waals surface area contributed by atoms with Crippen LogP contribution in [0.1, 0.15) is 51.4 Å². The number of carbonyl (C=O) groups excluding carboxylic acids is 2. The van der Waals surface area contributed by atoms with Crippen LogP contribution in [0.15, 0.2) is 62.7 Å². The highest BCUT2D eigenvalue weighted by atomic mass is 19.1. The van der Waals surface area contributed by atoms with Gasteiger partial charge in [0.1, 0.15) is 22.4 Å². The number of benzene rings is 3. The predicted octanol–water partition coefficient (Wildman–Crippen LogP) is 5.63. The molecule has 4 aromatic carbocycles. The molecule has 0 aliphatic carbocycles. The van der Waals surface area contributed by atoms with Gasteiger partial charge in [-0.1, -0.05) is 31.7 Å². The predicted molar refractivity (Wildman–Crippen MR) is 204 cm³/mol. The Labute approximate surface area is 304 Å². The van der Waals surface area contributed by atoms with Crippen LogP contribution in [0.3, 0.4) is 0 Å². The Kier molecular flexibility index (Phi) is 9.50. The van der Waals surface area contributed by atoms with E-state index < -0.39 is 28.8 Å². The smallest absolute Gasteiger partial charge is 0.407 e. The van der Waals surface area contributed by atoms with Gasteiger partial charge in [0.25, 0.3) is 5.91 Å². The number of hydrogen-bond donors (Lipinski definition) is 2. The van der Waals surface area contributed by atoms with Crippen LogP contribution in [-0.2, 0) is 9.47 Å². The van der Waals surface area contributed by atoms with Crippen LogP contribution in [0.2, 0.25) is 0 Å². The Hall–Kier alpha value is -5.27. The first-order valence-corrected chi connectivity index (χ1v) is 17.7. The Morgan fingerprint density at radius 1 is 0.962 bits per heavy atom. The molecular formula is C40H44FN5O7. The van der Waals surface area contributed by atoms with E-state index in [9.17, 15) is 19.2 Å². The second kappa shape index (κ2) is 13.9. The molecule has 2 aliphatic rings. The highest BCUT2D eigenvalue weighted by Gasteiger charge is 2.32. The molecule has 278 valence electrons. The molecule has 53 heavy (non-hydrogen) atoms. The van der Waals surface area contributed by atoms with Gasteiger partial charge >= 0.3 is 6.09 Å². The van der Waals surface area contributed by atoms with E-state index in [4.69, 9.17) is 13.9 Å². The minimum Gasteiger partial charge on any atom is -0.451 e. The molecule has 0 radical (unpaired) electrons. The molecule has 13 heteroatoms. The van der Waals surface area contributed by atoms with Crippen molar-refractivity contribution in [3.63, 3.8) is 0 Å². The Balaban J connectivity index is 0.00000435. The van der Waals surface area contributed by atoms with E-state index in [1.54, 1.807) is 42.2 Å². The molecule has 4 heterocycles. The van der Waals surface area contributed by atoms with Crippen molar-refractivity contribution < 1.29 is 27.9 Å². The van der Waals surface area contributed by atoms with E-state index in [1.165, 1.54) is 6.20 Å². The molecule has 0 unspecified atom stereocenters. The lowest BCUT2D eigenvalue weighted by molar-refractivity contribution is 0.0374. The van der Waals surface area contributed by atoms with Crippen LogP contribution in [0, 0.1) is 5.82 Å².